The second-order valence-electron chi connectivity index (χ2n) is 7.97. The Morgan fingerprint density at radius 2 is 2.07 bits per heavy atom. The van der Waals surface area contributed by atoms with Crippen LogP contribution in [0.25, 0.3) is 0 Å². The van der Waals surface area contributed by atoms with Gasteiger partial charge in [0.25, 0.3) is 0 Å². The van der Waals surface area contributed by atoms with Gasteiger partial charge in [-0.2, -0.15) is 0 Å². The zero-order valence-corrected chi connectivity index (χ0v) is 18.3. The van der Waals surface area contributed by atoms with Crippen LogP contribution in [0.15, 0.2) is 24.3 Å². The van der Waals surface area contributed by atoms with Crippen LogP contribution in [-0.2, 0) is 19.1 Å². The first kappa shape index (κ1) is 23.7. The van der Waals surface area contributed by atoms with E-state index in [2.05, 4.69) is 10.6 Å². The lowest BCUT2D eigenvalue weighted by Gasteiger charge is -2.33. The molecule has 1 heterocycles. The van der Waals surface area contributed by atoms with Crippen LogP contribution in [0.2, 0.25) is 0 Å². The molecular weight excluding hydrogens is 386 g/mol. The van der Waals surface area contributed by atoms with Crippen LogP contribution in [0.1, 0.15) is 40.5 Å². The molecule has 2 unspecified atom stereocenters. The van der Waals surface area contributed by atoms with Crippen molar-refractivity contribution in [2.75, 3.05) is 31.6 Å². The van der Waals surface area contributed by atoms with Crippen molar-refractivity contribution in [1.29, 1.82) is 0 Å². The fraction of sp³-hybridized carbons (Fsp3) is 0.591. The smallest absolute Gasteiger partial charge is 0.307 e. The van der Waals surface area contributed by atoms with Crippen LogP contribution < -0.4 is 15.4 Å². The molecule has 30 heavy (non-hydrogen) atoms. The van der Waals surface area contributed by atoms with Gasteiger partial charge in [-0.25, -0.2) is 0 Å². The molecule has 1 fully saturated rings. The highest BCUT2D eigenvalue weighted by Gasteiger charge is 2.33. The molecule has 2 N–H and O–H groups in total. The summed E-state index contributed by atoms with van der Waals surface area (Å²) in [7, 11) is 0. The van der Waals surface area contributed by atoms with Crippen LogP contribution in [0, 0.1) is 5.92 Å². The summed E-state index contributed by atoms with van der Waals surface area (Å²) in [5, 5.41) is 5.59. The molecule has 0 saturated carbocycles. The zero-order valence-electron chi connectivity index (χ0n) is 18.3. The van der Waals surface area contributed by atoms with Crippen molar-refractivity contribution < 1.29 is 23.9 Å². The number of carbonyl (C=O) groups excluding carboxylic acids is 3. The number of hydrogen-bond acceptors (Lipinski definition) is 6. The SMILES string of the molecule is CCC(C)Oc1cccc(NC(=O)CN2CCNC(=O)C2CC(=O)OCC(C)C)c1. The normalized spacial score (nSPS) is 17.9. The maximum atomic E-state index is 12.6. The first-order valence-corrected chi connectivity index (χ1v) is 10.5. The Hall–Kier alpha value is -2.61. The second-order valence-corrected chi connectivity index (χ2v) is 7.97. The van der Waals surface area contributed by atoms with E-state index in [1.54, 1.807) is 17.0 Å². The Morgan fingerprint density at radius 3 is 2.77 bits per heavy atom. The summed E-state index contributed by atoms with van der Waals surface area (Å²) < 4.78 is 11.0. The number of amides is 2. The Bertz CT molecular complexity index is 737. The predicted octanol–water partition coefficient (Wildman–Crippen LogP) is 2.19. The van der Waals surface area contributed by atoms with E-state index >= 15 is 0 Å². The van der Waals surface area contributed by atoms with Crippen molar-refractivity contribution in [2.45, 2.75) is 52.7 Å². The first-order chi connectivity index (χ1) is 14.3. The molecule has 0 spiro atoms. The Kier molecular flexibility index (Phi) is 9.11. The molecule has 0 aromatic heterocycles. The fourth-order valence-electron chi connectivity index (χ4n) is 3.00. The topological polar surface area (TPSA) is 97.0 Å². The largest absolute Gasteiger partial charge is 0.491 e. The number of anilines is 1. The van der Waals surface area contributed by atoms with Crippen molar-refractivity contribution in [1.82, 2.24) is 10.2 Å². The molecule has 0 bridgehead atoms. The van der Waals surface area contributed by atoms with E-state index in [0.29, 0.717) is 31.1 Å². The summed E-state index contributed by atoms with van der Waals surface area (Å²) in [5.41, 5.74) is 0.621. The van der Waals surface area contributed by atoms with Crippen molar-refractivity contribution in [3.8, 4) is 5.75 Å². The minimum absolute atomic E-state index is 0.00595. The number of nitrogens with one attached hydrogen (secondary N) is 2. The third-order valence-electron chi connectivity index (χ3n) is 4.76. The lowest BCUT2D eigenvalue weighted by atomic mass is 10.1. The average Bonchev–Trinajstić information content (AvgIpc) is 2.69. The quantitative estimate of drug-likeness (QED) is 0.565. The Balaban J connectivity index is 1.95. The van der Waals surface area contributed by atoms with Gasteiger partial charge in [0.2, 0.25) is 11.8 Å². The number of ether oxygens (including phenoxy) is 2. The summed E-state index contributed by atoms with van der Waals surface area (Å²) >= 11 is 0. The van der Waals surface area contributed by atoms with Gasteiger partial charge in [0, 0.05) is 24.8 Å². The predicted molar refractivity (Wildman–Crippen MR) is 114 cm³/mol. The minimum Gasteiger partial charge on any atom is -0.491 e. The maximum absolute atomic E-state index is 12.6. The fourth-order valence-corrected chi connectivity index (χ4v) is 3.00. The van der Waals surface area contributed by atoms with Crippen molar-refractivity contribution in [2.24, 2.45) is 5.92 Å². The number of nitrogens with zero attached hydrogens (tertiary/aromatic N) is 1. The molecule has 1 aliphatic heterocycles. The van der Waals surface area contributed by atoms with Crippen molar-refractivity contribution >= 4 is 23.5 Å². The van der Waals surface area contributed by atoms with E-state index in [4.69, 9.17) is 9.47 Å². The molecule has 8 heteroatoms. The molecule has 1 aromatic carbocycles. The minimum atomic E-state index is -0.718. The zero-order chi connectivity index (χ0) is 22.1. The van der Waals surface area contributed by atoms with Gasteiger partial charge in [-0.1, -0.05) is 26.8 Å². The van der Waals surface area contributed by atoms with Crippen molar-refractivity contribution in [3.63, 3.8) is 0 Å². The molecule has 0 radical (unpaired) electrons. The maximum Gasteiger partial charge on any atom is 0.307 e. The van der Waals surface area contributed by atoms with Gasteiger partial charge >= 0.3 is 5.97 Å². The number of carbonyl (C=O) groups is 3. The van der Waals surface area contributed by atoms with Crippen LogP contribution in [-0.4, -0.2) is 61.1 Å². The van der Waals surface area contributed by atoms with E-state index < -0.39 is 12.0 Å². The van der Waals surface area contributed by atoms with Gasteiger partial charge in [-0.05, 0) is 31.4 Å². The molecule has 2 rings (SSSR count). The van der Waals surface area contributed by atoms with E-state index in [1.807, 2.05) is 39.8 Å². The van der Waals surface area contributed by atoms with Crippen LogP contribution in [0.3, 0.4) is 0 Å². The van der Waals surface area contributed by atoms with Gasteiger partial charge in [0.05, 0.1) is 25.7 Å². The van der Waals surface area contributed by atoms with Gasteiger partial charge in [-0.3, -0.25) is 19.3 Å². The van der Waals surface area contributed by atoms with E-state index in [-0.39, 0.29) is 36.8 Å². The highest BCUT2D eigenvalue weighted by molar-refractivity contribution is 5.93. The summed E-state index contributed by atoms with van der Waals surface area (Å²) in [4.78, 5) is 38.7. The van der Waals surface area contributed by atoms with Crippen LogP contribution >= 0.6 is 0 Å². The molecule has 1 aliphatic rings. The average molecular weight is 420 g/mol. The molecule has 2 atom stereocenters. The first-order valence-electron chi connectivity index (χ1n) is 10.5. The highest BCUT2D eigenvalue weighted by Crippen LogP contribution is 2.19. The van der Waals surface area contributed by atoms with E-state index in [0.717, 1.165) is 6.42 Å². The molecule has 8 nitrogen and oxygen atoms in total. The number of esters is 1. The van der Waals surface area contributed by atoms with Gasteiger partial charge in [-0.15, -0.1) is 0 Å². The number of benzene rings is 1. The highest BCUT2D eigenvalue weighted by atomic mass is 16.5. The summed E-state index contributed by atoms with van der Waals surface area (Å²) in [6.07, 6.45) is 0.887. The summed E-state index contributed by atoms with van der Waals surface area (Å²) in [6.45, 7) is 9.15. The summed E-state index contributed by atoms with van der Waals surface area (Å²) in [6, 6.07) is 6.49. The Labute approximate surface area is 178 Å². The van der Waals surface area contributed by atoms with Crippen molar-refractivity contribution in [3.05, 3.63) is 24.3 Å². The monoisotopic (exact) mass is 419 g/mol. The van der Waals surface area contributed by atoms with Gasteiger partial charge in [0.15, 0.2) is 0 Å². The standard InChI is InChI=1S/C22H33N3O5/c1-5-16(4)30-18-8-6-7-17(11-18)24-20(26)13-25-10-9-23-22(28)19(25)12-21(27)29-14-15(2)3/h6-8,11,15-16,19H,5,9-10,12-14H2,1-4H3,(H,23,28)(H,24,26). The molecule has 1 saturated heterocycles. The number of rotatable bonds is 10. The lowest BCUT2D eigenvalue weighted by molar-refractivity contribution is -0.149. The van der Waals surface area contributed by atoms with Gasteiger partial charge < -0.3 is 20.1 Å². The number of hydrogen-bond donors (Lipinski definition) is 2. The van der Waals surface area contributed by atoms with Crippen LogP contribution in [0.5, 0.6) is 5.75 Å². The van der Waals surface area contributed by atoms with E-state index in [9.17, 15) is 14.4 Å². The lowest BCUT2D eigenvalue weighted by Crippen LogP contribution is -2.57. The van der Waals surface area contributed by atoms with Crippen LogP contribution in [0.4, 0.5) is 5.69 Å². The molecule has 1 aromatic rings. The molecule has 166 valence electrons. The summed E-state index contributed by atoms with van der Waals surface area (Å²) in [5.74, 6) is -0.0576. The molecule has 2 amide bonds. The molecular formula is C22H33N3O5. The third-order valence-corrected chi connectivity index (χ3v) is 4.76. The van der Waals surface area contributed by atoms with E-state index in [1.165, 1.54) is 0 Å². The molecule has 0 aliphatic carbocycles. The third kappa shape index (κ3) is 7.67. The second kappa shape index (κ2) is 11.5. The number of piperazine rings is 1. The van der Waals surface area contributed by atoms with Gasteiger partial charge in [0.1, 0.15) is 11.8 Å². The Morgan fingerprint density at radius 1 is 1.30 bits per heavy atom.